The van der Waals surface area contributed by atoms with Gasteiger partial charge in [0.25, 0.3) is 5.91 Å². The standard InChI is InChI=1S/C7H9ClN2O2/c1-4(2)12-5-3-9-10-7(11)6(5)8/h3-4,6H,1-2H3. The maximum atomic E-state index is 10.9. The number of nitrogens with zero attached hydrogens (tertiary/aromatic N) is 2. The molecule has 1 unspecified atom stereocenters. The third-order valence-corrected chi connectivity index (χ3v) is 1.58. The van der Waals surface area contributed by atoms with Gasteiger partial charge in [-0.1, -0.05) is 0 Å². The quantitative estimate of drug-likeness (QED) is 0.621. The van der Waals surface area contributed by atoms with Crippen molar-refractivity contribution < 1.29 is 9.53 Å². The van der Waals surface area contributed by atoms with E-state index in [1.54, 1.807) is 0 Å². The Morgan fingerprint density at radius 2 is 2.33 bits per heavy atom. The van der Waals surface area contributed by atoms with E-state index < -0.39 is 11.3 Å². The van der Waals surface area contributed by atoms with Gasteiger partial charge in [0.2, 0.25) is 0 Å². The predicted octanol–water partition coefficient (Wildman–Crippen LogP) is 1.85. The lowest BCUT2D eigenvalue weighted by Crippen LogP contribution is -2.20. The van der Waals surface area contributed by atoms with E-state index in [-0.39, 0.29) is 6.10 Å². The van der Waals surface area contributed by atoms with Crippen LogP contribution in [0.4, 0.5) is 0 Å². The molecule has 0 saturated heterocycles. The van der Waals surface area contributed by atoms with E-state index in [0.29, 0.717) is 5.76 Å². The fraction of sp³-hybridized carbons (Fsp3) is 0.571. The number of hydrogen-bond acceptors (Lipinski definition) is 3. The molecule has 0 aromatic carbocycles. The fourth-order valence-corrected chi connectivity index (χ4v) is 0.894. The van der Waals surface area contributed by atoms with Gasteiger partial charge in [-0.3, -0.25) is 4.79 Å². The summed E-state index contributed by atoms with van der Waals surface area (Å²) in [5.41, 5.74) is 0. The average molecular weight is 189 g/mol. The van der Waals surface area contributed by atoms with Crippen LogP contribution < -0.4 is 0 Å². The molecule has 0 aromatic rings. The number of carbonyl (C=O) groups is 1. The summed E-state index contributed by atoms with van der Waals surface area (Å²) in [6.07, 6.45) is 1.34. The largest absolute Gasteiger partial charge is 0.492 e. The number of ether oxygens (including phenoxy) is 1. The van der Waals surface area contributed by atoms with Crippen molar-refractivity contribution >= 4 is 17.5 Å². The SMILES string of the molecule is CC(C)OC1=CN=NC(=O)C1Cl. The minimum absolute atomic E-state index is 0.0152. The van der Waals surface area contributed by atoms with Crippen LogP contribution in [0.1, 0.15) is 13.8 Å². The molecule has 0 aromatic heterocycles. The molecule has 0 fully saturated rings. The number of rotatable bonds is 2. The van der Waals surface area contributed by atoms with E-state index in [4.69, 9.17) is 16.3 Å². The van der Waals surface area contributed by atoms with Gasteiger partial charge in [-0.15, -0.1) is 16.7 Å². The molecule has 0 N–H and O–H groups in total. The number of alkyl halides is 1. The molecule has 0 spiro atoms. The van der Waals surface area contributed by atoms with Crippen LogP contribution in [0.3, 0.4) is 0 Å². The van der Waals surface area contributed by atoms with E-state index in [1.807, 2.05) is 13.8 Å². The number of amides is 1. The Labute approximate surface area is 75.3 Å². The van der Waals surface area contributed by atoms with Crippen LogP contribution in [0.15, 0.2) is 22.2 Å². The lowest BCUT2D eigenvalue weighted by molar-refractivity contribution is -0.118. The number of halogens is 1. The van der Waals surface area contributed by atoms with Crippen molar-refractivity contribution in [3.05, 3.63) is 12.0 Å². The van der Waals surface area contributed by atoms with Crippen LogP contribution in [-0.2, 0) is 9.53 Å². The van der Waals surface area contributed by atoms with E-state index in [1.165, 1.54) is 6.20 Å². The molecular formula is C7H9ClN2O2. The highest BCUT2D eigenvalue weighted by Gasteiger charge is 2.25. The highest BCUT2D eigenvalue weighted by Crippen LogP contribution is 2.19. The lowest BCUT2D eigenvalue weighted by Gasteiger charge is -2.16. The Morgan fingerprint density at radius 3 is 2.92 bits per heavy atom. The van der Waals surface area contributed by atoms with Gasteiger partial charge in [-0.05, 0) is 13.8 Å². The van der Waals surface area contributed by atoms with Gasteiger partial charge < -0.3 is 4.74 Å². The zero-order chi connectivity index (χ0) is 9.14. The molecule has 1 rings (SSSR count). The van der Waals surface area contributed by atoms with Gasteiger partial charge in [0.15, 0.2) is 5.38 Å². The molecule has 0 saturated carbocycles. The van der Waals surface area contributed by atoms with E-state index in [0.717, 1.165) is 0 Å². The van der Waals surface area contributed by atoms with Gasteiger partial charge in [-0.25, -0.2) is 0 Å². The molecule has 1 atom stereocenters. The first kappa shape index (κ1) is 9.19. The third kappa shape index (κ3) is 2.04. The molecule has 0 aliphatic carbocycles. The average Bonchev–Trinajstić information content (AvgIpc) is 1.98. The van der Waals surface area contributed by atoms with Crippen molar-refractivity contribution in [3.8, 4) is 0 Å². The van der Waals surface area contributed by atoms with Gasteiger partial charge in [0.05, 0.1) is 12.3 Å². The maximum absolute atomic E-state index is 10.9. The van der Waals surface area contributed by atoms with Crippen LogP contribution in [0.2, 0.25) is 0 Å². The molecule has 0 radical (unpaired) electrons. The van der Waals surface area contributed by atoms with Gasteiger partial charge >= 0.3 is 0 Å². The molecular weight excluding hydrogens is 180 g/mol. The predicted molar refractivity (Wildman–Crippen MR) is 43.8 cm³/mol. The second-order valence-electron chi connectivity index (χ2n) is 2.61. The Bertz CT molecular complexity index is 248. The van der Waals surface area contributed by atoms with E-state index >= 15 is 0 Å². The highest BCUT2D eigenvalue weighted by molar-refractivity contribution is 6.32. The second kappa shape index (κ2) is 3.67. The van der Waals surface area contributed by atoms with Crippen molar-refractivity contribution in [1.82, 2.24) is 0 Å². The third-order valence-electron chi connectivity index (χ3n) is 1.18. The highest BCUT2D eigenvalue weighted by atomic mass is 35.5. The molecule has 4 nitrogen and oxygen atoms in total. The summed E-state index contributed by atoms with van der Waals surface area (Å²) in [5.74, 6) is -0.110. The summed E-state index contributed by atoms with van der Waals surface area (Å²) in [6.45, 7) is 3.70. The first-order valence-corrected chi connectivity index (χ1v) is 4.00. The molecule has 12 heavy (non-hydrogen) atoms. The van der Waals surface area contributed by atoms with Crippen molar-refractivity contribution in [1.29, 1.82) is 0 Å². The molecule has 1 heterocycles. The van der Waals surface area contributed by atoms with Crippen molar-refractivity contribution in [2.75, 3.05) is 0 Å². The monoisotopic (exact) mass is 188 g/mol. The Kier molecular flexibility index (Phi) is 2.81. The van der Waals surface area contributed by atoms with Crippen molar-refractivity contribution in [2.24, 2.45) is 10.2 Å². The van der Waals surface area contributed by atoms with Crippen LogP contribution >= 0.6 is 11.6 Å². The normalized spacial score (nSPS) is 22.8. The van der Waals surface area contributed by atoms with Gasteiger partial charge in [0, 0.05) is 0 Å². The van der Waals surface area contributed by atoms with E-state index in [9.17, 15) is 4.79 Å². The molecule has 0 bridgehead atoms. The van der Waals surface area contributed by atoms with Crippen molar-refractivity contribution in [2.45, 2.75) is 25.3 Å². The number of carbonyl (C=O) groups excluding carboxylic acids is 1. The van der Waals surface area contributed by atoms with Crippen LogP contribution in [-0.4, -0.2) is 17.4 Å². The Balaban J connectivity index is 2.69. The molecule has 1 aliphatic heterocycles. The topological polar surface area (TPSA) is 51.0 Å². The molecule has 1 amide bonds. The summed E-state index contributed by atoms with van der Waals surface area (Å²) >= 11 is 5.68. The number of hydrogen-bond donors (Lipinski definition) is 0. The first-order valence-electron chi connectivity index (χ1n) is 3.56. The molecule has 1 aliphatic rings. The second-order valence-corrected chi connectivity index (χ2v) is 3.05. The fourth-order valence-electron chi connectivity index (χ4n) is 0.743. The summed E-state index contributed by atoms with van der Waals surface area (Å²) in [4.78, 5) is 10.9. The number of azo groups is 1. The minimum Gasteiger partial charge on any atom is -0.492 e. The zero-order valence-electron chi connectivity index (χ0n) is 6.82. The minimum atomic E-state index is -0.815. The summed E-state index contributed by atoms with van der Waals surface area (Å²) < 4.78 is 5.23. The summed E-state index contributed by atoms with van der Waals surface area (Å²) in [6, 6.07) is 0. The van der Waals surface area contributed by atoms with Crippen LogP contribution in [0.5, 0.6) is 0 Å². The lowest BCUT2D eigenvalue weighted by atomic mass is 10.3. The molecule has 5 heteroatoms. The Morgan fingerprint density at radius 1 is 1.67 bits per heavy atom. The van der Waals surface area contributed by atoms with Gasteiger partial charge in [-0.2, -0.15) is 5.11 Å². The maximum Gasteiger partial charge on any atom is 0.290 e. The first-order chi connectivity index (χ1) is 5.61. The van der Waals surface area contributed by atoms with Crippen LogP contribution in [0, 0.1) is 0 Å². The molecule has 66 valence electrons. The zero-order valence-corrected chi connectivity index (χ0v) is 7.58. The smallest absolute Gasteiger partial charge is 0.290 e. The summed E-state index contributed by atoms with van der Waals surface area (Å²) in [5, 5.41) is 5.90. The van der Waals surface area contributed by atoms with Crippen LogP contribution in [0.25, 0.3) is 0 Å². The van der Waals surface area contributed by atoms with Crippen molar-refractivity contribution in [3.63, 3.8) is 0 Å². The van der Waals surface area contributed by atoms with Gasteiger partial charge in [0.1, 0.15) is 5.76 Å². The Hall–Kier alpha value is -0.900. The van der Waals surface area contributed by atoms with E-state index in [2.05, 4.69) is 10.2 Å². The summed E-state index contributed by atoms with van der Waals surface area (Å²) in [7, 11) is 0.